The van der Waals surface area contributed by atoms with Crippen molar-refractivity contribution in [2.75, 3.05) is 37.6 Å². The molecule has 0 unspecified atom stereocenters. The van der Waals surface area contributed by atoms with E-state index < -0.39 is 10.9 Å². The number of carboxylic acid groups (broad SMARTS) is 1. The van der Waals surface area contributed by atoms with Gasteiger partial charge in [-0.05, 0) is 24.3 Å². The highest BCUT2D eigenvalue weighted by molar-refractivity contribution is 5.87. The van der Waals surface area contributed by atoms with E-state index in [0.717, 1.165) is 43.0 Å². The number of rotatable bonds is 6. The molecule has 1 aliphatic heterocycles. The number of benzene rings is 1. The normalized spacial score (nSPS) is 13.6. The van der Waals surface area contributed by atoms with Crippen LogP contribution >= 0.6 is 0 Å². The molecule has 0 bridgehead atoms. The largest absolute Gasteiger partial charge is 0.478 e. The predicted molar refractivity (Wildman–Crippen MR) is 143 cm³/mol. The molecule has 1 fully saturated rings. The van der Waals surface area contributed by atoms with E-state index in [2.05, 4.69) is 19.8 Å². The molecule has 39 heavy (non-hydrogen) atoms. The molecule has 1 N–H and O–H groups in total. The van der Waals surface area contributed by atoms with E-state index in [1.54, 1.807) is 30.1 Å². The molecule has 14 nitrogen and oxygen atoms in total. The second kappa shape index (κ2) is 11.7. The molecule has 1 aliphatic rings. The Hall–Kier alpha value is -4.85. The molecule has 1 aromatic carbocycles. The van der Waals surface area contributed by atoms with Crippen LogP contribution in [0.5, 0.6) is 0 Å². The Kier molecular flexibility index (Phi) is 8.15. The van der Waals surface area contributed by atoms with Gasteiger partial charge in [0.05, 0.1) is 16.8 Å². The fourth-order valence-electron chi connectivity index (χ4n) is 4.32. The van der Waals surface area contributed by atoms with Gasteiger partial charge in [-0.3, -0.25) is 33.9 Å². The van der Waals surface area contributed by atoms with Crippen LogP contribution in [0.1, 0.15) is 10.4 Å². The molecule has 0 saturated carbocycles. The number of carbonyl (C=O) groups is 1. The minimum Gasteiger partial charge on any atom is -0.478 e. The van der Waals surface area contributed by atoms with E-state index in [0.29, 0.717) is 17.7 Å². The number of fused-ring (bicyclic) bond motifs is 1. The number of nitro groups is 1. The minimum atomic E-state index is -0.919. The number of nitro benzene ring substituents is 1. The van der Waals surface area contributed by atoms with Crippen LogP contribution < -0.4 is 16.1 Å². The molecule has 3 aromatic heterocycles. The third-order valence-electron chi connectivity index (χ3n) is 6.60. The van der Waals surface area contributed by atoms with Crippen LogP contribution in [0.3, 0.4) is 0 Å². The fraction of sp³-hybridized carbons (Fsp3) is 0.320. The maximum Gasteiger partial charge on any atom is 0.335 e. The molecule has 0 amide bonds. The number of aromatic nitrogens is 5. The SMILES string of the molecule is Cn1c(=O)c2c(ncn2CCN2CCN(c3ccc([N+](=O)[O-])cc3)CC2)n(C)c1=O.O=C(O)c1ccncc1. The molecule has 0 radical (unpaired) electrons. The van der Waals surface area contributed by atoms with E-state index in [9.17, 15) is 24.5 Å². The van der Waals surface area contributed by atoms with E-state index >= 15 is 0 Å². The van der Waals surface area contributed by atoms with Crippen LogP contribution in [-0.4, -0.2) is 77.3 Å². The van der Waals surface area contributed by atoms with E-state index in [1.165, 1.54) is 48.3 Å². The molecular formula is C25H28N8O6. The highest BCUT2D eigenvalue weighted by Crippen LogP contribution is 2.20. The number of nitrogens with zero attached hydrogens (tertiary/aromatic N) is 8. The summed E-state index contributed by atoms with van der Waals surface area (Å²) in [6.07, 6.45) is 4.51. The van der Waals surface area contributed by atoms with Gasteiger partial charge in [0.25, 0.3) is 11.2 Å². The fourth-order valence-corrected chi connectivity index (χ4v) is 4.32. The van der Waals surface area contributed by atoms with Gasteiger partial charge in [-0.1, -0.05) is 0 Å². The van der Waals surface area contributed by atoms with E-state index in [1.807, 2.05) is 0 Å². The van der Waals surface area contributed by atoms with Crippen molar-refractivity contribution in [1.82, 2.24) is 28.6 Å². The average molecular weight is 537 g/mol. The van der Waals surface area contributed by atoms with Crippen LogP contribution in [0.25, 0.3) is 11.2 Å². The summed E-state index contributed by atoms with van der Waals surface area (Å²) in [5, 5.41) is 19.2. The molecule has 0 spiro atoms. The number of aromatic carboxylic acids is 1. The van der Waals surface area contributed by atoms with Gasteiger partial charge < -0.3 is 14.6 Å². The number of carboxylic acids is 1. The lowest BCUT2D eigenvalue weighted by Gasteiger charge is -2.36. The zero-order chi connectivity index (χ0) is 28.1. The summed E-state index contributed by atoms with van der Waals surface area (Å²) < 4.78 is 4.29. The molecule has 4 heterocycles. The number of anilines is 1. The lowest BCUT2D eigenvalue weighted by molar-refractivity contribution is -0.384. The Morgan fingerprint density at radius 2 is 1.62 bits per heavy atom. The third-order valence-corrected chi connectivity index (χ3v) is 6.60. The number of hydrogen-bond donors (Lipinski definition) is 1. The number of imidazole rings is 1. The van der Waals surface area contributed by atoms with Crippen LogP contribution in [0.2, 0.25) is 0 Å². The zero-order valence-electron chi connectivity index (χ0n) is 21.5. The zero-order valence-corrected chi connectivity index (χ0v) is 21.5. The molecule has 1 saturated heterocycles. The molecule has 204 valence electrons. The van der Waals surface area contributed by atoms with E-state index in [-0.39, 0.29) is 22.5 Å². The molecule has 5 rings (SSSR count). The Morgan fingerprint density at radius 1 is 0.974 bits per heavy atom. The molecule has 0 aliphatic carbocycles. The average Bonchev–Trinajstić information content (AvgIpc) is 3.39. The van der Waals surface area contributed by atoms with Gasteiger partial charge in [0.15, 0.2) is 11.2 Å². The summed E-state index contributed by atoms with van der Waals surface area (Å²) in [4.78, 5) is 57.6. The van der Waals surface area contributed by atoms with Crippen LogP contribution in [-0.2, 0) is 20.6 Å². The second-order valence-electron chi connectivity index (χ2n) is 8.96. The third kappa shape index (κ3) is 6.01. The summed E-state index contributed by atoms with van der Waals surface area (Å²) in [6, 6.07) is 9.51. The van der Waals surface area contributed by atoms with Gasteiger partial charge in [0.1, 0.15) is 0 Å². The van der Waals surface area contributed by atoms with Crippen LogP contribution in [0.4, 0.5) is 11.4 Å². The first-order valence-corrected chi connectivity index (χ1v) is 12.1. The minimum absolute atomic E-state index is 0.0913. The van der Waals surface area contributed by atoms with Gasteiger partial charge in [-0.15, -0.1) is 0 Å². The maximum atomic E-state index is 12.5. The first kappa shape index (κ1) is 27.2. The van der Waals surface area contributed by atoms with Crippen molar-refractivity contribution in [3.05, 3.63) is 91.6 Å². The Labute approximate surface area is 222 Å². The Balaban J connectivity index is 0.000000333. The van der Waals surface area contributed by atoms with Crippen molar-refractivity contribution in [3.8, 4) is 0 Å². The van der Waals surface area contributed by atoms with Crippen molar-refractivity contribution < 1.29 is 14.8 Å². The van der Waals surface area contributed by atoms with Crippen molar-refractivity contribution >= 4 is 28.5 Å². The summed E-state index contributed by atoms with van der Waals surface area (Å²) in [5.41, 5.74) is 1.44. The quantitative estimate of drug-likeness (QED) is 0.277. The number of pyridine rings is 1. The molecular weight excluding hydrogens is 508 g/mol. The van der Waals surface area contributed by atoms with Gasteiger partial charge in [-0.25, -0.2) is 14.6 Å². The van der Waals surface area contributed by atoms with Crippen LogP contribution in [0.15, 0.2) is 64.7 Å². The highest BCUT2D eigenvalue weighted by Gasteiger charge is 2.19. The maximum absolute atomic E-state index is 12.5. The van der Waals surface area contributed by atoms with Crippen LogP contribution in [0, 0.1) is 10.1 Å². The smallest absolute Gasteiger partial charge is 0.335 e. The standard InChI is InChI=1S/C19H23N7O4.C6H5NO2/c1-21-17-16(18(27)22(2)19(21)28)25(13-20-17)12-9-23-7-10-24(11-8-23)14-3-5-15(6-4-14)26(29)30;8-6(9)5-1-3-7-4-2-5/h3-6,13H,7-12H2,1-2H3;1-4H,(H,8,9). The first-order valence-electron chi connectivity index (χ1n) is 12.1. The molecule has 14 heteroatoms. The van der Waals surface area contributed by atoms with Gasteiger partial charge >= 0.3 is 11.7 Å². The lowest BCUT2D eigenvalue weighted by Crippen LogP contribution is -2.47. The Morgan fingerprint density at radius 3 is 2.18 bits per heavy atom. The lowest BCUT2D eigenvalue weighted by atomic mass is 10.2. The van der Waals surface area contributed by atoms with Gasteiger partial charge in [0.2, 0.25) is 0 Å². The topological polar surface area (TPSA) is 162 Å². The predicted octanol–water partition coefficient (Wildman–Crippen LogP) is 0.944. The van der Waals surface area contributed by atoms with Crippen molar-refractivity contribution in [3.63, 3.8) is 0 Å². The van der Waals surface area contributed by atoms with Gasteiger partial charge in [0, 0.05) is 83.6 Å². The number of aryl methyl sites for hydroxylation is 1. The molecule has 0 atom stereocenters. The highest BCUT2D eigenvalue weighted by atomic mass is 16.6. The molecule has 4 aromatic rings. The second-order valence-corrected chi connectivity index (χ2v) is 8.96. The number of piperazine rings is 1. The monoisotopic (exact) mass is 536 g/mol. The summed E-state index contributed by atoms with van der Waals surface area (Å²) in [5.74, 6) is -0.919. The van der Waals surface area contributed by atoms with Crippen molar-refractivity contribution in [1.29, 1.82) is 0 Å². The van der Waals surface area contributed by atoms with E-state index in [4.69, 9.17) is 5.11 Å². The summed E-state index contributed by atoms with van der Waals surface area (Å²) in [7, 11) is 3.08. The van der Waals surface area contributed by atoms with Gasteiger partial charge in [-0.2, -0.15) is 0 Å². The Bertz CT molecular complexity index is 1590. The first-order chi connectivity index (χ1) is 18.7. The number of non-ortho nitro benzene ring substituents is 1. The number of hydrogen-bond acceptors (Lipinski definition) is 9. The summed E-state index contributed by atoms with van der Waals surface area (Å²) in [6.45, 7) is 4.69. The van der Waals surface area contributed by atoms with Crippen molar-refractivity contribution in [2.45, 2.75) is 6.54 Å². The summed E-state index contributed by atoms with van der Waals surface area (Å²) >= 11 is 0. The van der Waals surface area contributed by atoms with Crippen molar-refractivity contribution in [2.24, 2.45) is 14.1 Å².